The summed E-state index contributed by atoms with van der Waals surface area (Å²) >= 11 is 3.41. The molecule has 1 heterocycles. The molecule has 0 atom stereocenters. The van der Waals surface area contributed by atoms with Gasteiger partial charge in [-0.05, 0) is 27.6 Å². The van der Waals surface area contributed by atoms with Crippen molar-refractivity contribution < 1.29 is 15.2 Å². The number of aromatic hydroxyl groups is 1. The van der Waals surface area contributed by atoms with E-state index < -0.39 is 0 Å². The summed E-state index contributed by atoms with van der Waals surface area (Å²) in [5.41, 5.74) is 2.46. The van der Waals surface area contributed by atoms with E-state index in [0.29, 0.717) is 5.75 Å². The van der Waals surface area contributed by atoms with Crippen molar-refractivity contribution in [2.24, 2.45) is 0 Å². The highest BCUT2D eigenvalue weighted by molar-refractivity contribution is 9.10. The molecule has 3 nitrogen and oxygen atoms in total. The zero-order valence-electron chi connectivity index (χ0n) is 8.01. The molecule has 0 aromatic heterocycles. The average Bonchev–Trinajstić information content (AvgIpc) is 2.23. The number of phenolic OH excluding ortho intramolecular Hbond substituents is 1. The van der Waals surface area contributed by atoms with Gasteiger partial charge in [0.05, 0.1) is 18.1 Å². The first-order valence-electron chi connectivity index (χ1n) is 4.63. The van der Waals surface area contributed by atoms with Crippen LogP contribution in [0.3, 0.4) is 0 Å². The molecule has 0 amide bonds. The van der Waals surface area contributed by atoms with Gasteiger partial charge in [-0.3, -0.25) is 0 Å². The van der Waals surface area contributed by atoms with Crippen LogP contribution in [-0.2, 0) is 13.0 Å². The molecule has 1 aliphatic rings. The molecule has 76 valence electrons. The summed E-state index contributed by atoms with van der Waals surface area (Å²) in [6.45, 7) is 2.03. The van der Waals surface area contributed by atoms with E-state index in [-0.39, 0.29) is 5.75 Å². The number of quaternary nitrogens is 1. The molecule has 1 aliphatic heterocycles. The van der Waals surface area contributed by atoms with Gasteiger partial charge >= 0.3 is 0 Å². The maximum absolute atomic E-state index is 9.77. The first kappa shape index (κ1) is 9.80. The number of hydrogen-bond donors (Lipinski definition) is 2. The maximum atomic E-state index is 9.77. The Balaban J connectivity index is 2.57. The number of methoxy groups -OCH3 is 1. The molecule has 1 aromatic carbocycles. The summed E-state index contributed by atoms with van der Waals surface area (Å²) in [6.07, 6.45) is 1.03. The summed E-state index contributed by atoms with van der Waals surface area (Å²) in [6, 6.07) is 1.93. The van der Waals surface area contributed by atoms with Gasteiger partial charge in [0.1, 0.15) is 6.54 Å². The second-order valence-corrected chi connectivity index (χ2v) is 4.20. The van der Waals surface area contributed by atoms with Gasteiger partial charge < -0.3 is 15.2 Å². The lowest BCUT2D eigenvalue weighted by molar-refractivity contribution is -0.673. The van der Waals surface area contributed by atoms with Crippen molar-refractivity contribution in [3.8, 4) is 11.5 Å². The van der Waals surface area contributed by atoms with Crippen molar-refractivity contribution in [1.29, 1.82) is 0 Å². The summed E-state index contributed by atoms with van der Waals surface area (Å²) in [7, 11) is 1.57. The summed E-state index contributed by atoms with van der Waals surface area (Å²) in [4.78, 5) is 0. The van der Waals surface area contributed by atoms with Gasteiger partial charge in [0, 0.05) is 12.0 Å². The lowest BCUT2D eigenvalue weighted by atomic mass is 10.0. The largest absolute Gasteiger partial charge is 0.503 e. The van der Waals surface area contributed by atoms with Gasteiger partial charge in [-0.2, -0.15) is 0 Å². The zero-order valence-corrected chi connectivity index (χ0v) is 9.60. The molecule has 0 unspecified atom stereocenters. The van der Waals surface area contributed by atoms with Crippen LogP contribution in [0.2, 0.25) is 0 Å². The smallest absolute Gasteiger partial charge is 0.172 e. The fourth-order valence-corrected chi connectivity index (χ4v) is 2.42. The molecule has 1 aromatic rings. The fraction of sp³-hybridized carbons (Fsp3) is 0.400. The second kappa shape index (κ2) is 3.79. The number of phenols is 1. The highest BCUT2D eigenvalue weighted by Gasteiger charge is 2.20. The van der Waals surface area contributed by atoms with E-state index in [2.05, 4.69) is 21.2 Å². The van der Waals surface area contributed by atoms with Crippen LogP contribution in [0.1, 0.15) is 11.1 Å². The monoisotopic (exact) mass is 258 g/mol. The molecule has 3 N–H and O–H groups in total. The number of nitrogens with two attached hydrogens (primary N) is 1. The van der Waals surface area contributed by atoms with Gasteiger partial charge in [0.25, 0.3) is 0 Å². The zero-order chi connectivity index (χ0) is 10.1. The number of halogens is 1. The van der Waals surface area contributed by atoms with Crippen LogP contribution in [0.15, 0.2) is 10.5 Å². The lowest BCUT2D eigenvalue weighted by Gasteiger charge is -2.18. The second-order valence-electron chi connectivity index (χ2n) is 3.41. The van der Waals surface area contributed by atoms with Crippen molar-refractivity contribution in [3.05, 3.63) is 21.7 Å². The Hall–Kier alpha value is -0.740. The molecule has 0 fully saturated rings. The van der Waals surface area contributed by atoms with Gasteiger partial charge in [0.2, 0.25) is 0 Å². The van der Waals surface area contributed by atoms with Crippen LogP contribution < -0.4 is 10.1 Å². The standard InChI is InChI=1S/C10H12BrNO2/c1-14-8-4-6-2-3-12-5-7(6)9(11)10(8)13/h4,12-13H,2-3,5H2,1H3/p+1. The molecule has 4 heteroatoms. The Morgan fingerprint density at radius 3 is 3.07 bits per heavy atom. The summed E-state index contributed by atoms with van der Waals surface area (Å²) in [5, 5.41) is 12.0. The molecule has 0 spiro atoms. The highest BCUT2D eigenvalue weighted by Crippen LogP contribution is 2.39. The third-order valence-electron chi connectivity index (χ3n) is 2.59. The van der Waals surface area contributed by atoms with Crippen molar-refractivity contribution in [1.82, 2.24) is 0 Å². The van der Waals surface area contributed by atoms with Crippen LogP contribution in [0.4, 0.5) is 0 Å². The predicted molar refractivity (Wildman–Crippen MR) is 56.6 cm³/mol. The summed E-state index contributed by atoms with van der Waals surface area (Å²) in [5.74, 6) is 0.763. The van der Waals surface area contributed by atoms with Crippen molar-refractivity contribution in [2.45, 2.75) is 13.0 Å². The van der Waals surface area contributed by atoms with E-state index in [1.807, 2.05) is 6.07 Å². The van der Waals surface area contributed by atoms with Gasteiger partial charge in [-0.1, -0.05) is 0 Å². The molecule has 14 heavy (non-hydrogen) atoms. The van der Waals surface area contributed by atoms with E-state index in [1.54, 1.807) is 7.11 Å². The van der Waals surface area contributed by atoms with E-state index in [4.69, 9.17) is 4.74 Å². The molecule has 0 saturated heterocycles. The van der Waals surface area contributed by atoms with Gasteiger partial charge in [0.15, 0.2) is 11.5 Å². The maximum Gasteiger partial charge on any atom is 0.172 e. The van der Waals surface area contributed by atoms with Crippen LogP contribution in [0.5, 0.6) is 11.5 Å². The van der Waals surface area contributed by atoms with E-state index >= 15 is 0 Å². The van der Waals surface area contributed by atoms with E-state index in [9.17, 15) is 5.11 Å². The number of benzene rings is 1. The van der Waals surface area contributed by atoms with Crippen LogP contribution >= 0.6 is 15.9 Å². The predicted octanol–water partition coefficient (Wildman–Crippen LogP) is 0.783. The number of rotatable bonds is 1. The normalized spacial score (nSPS) is 15.0. The molecule has 0 bridgehead atoms. The van der Waals surface area contributed by atoms with Crippen molar-refractivity contribution >= 4 is 15.9 Å². The molecule has 0 aliphatic carbocycles. The summed E-state index contributed by atoms with van der Waals surface area (Å²) < 4.78 is 5.88. The molecular formula is C10H13BrNO2+. The lowest BCUT2D eigenvalue weighted by Crippen LogP contribution is -2.84. The first-order chi connectivity index (χ1) is 6.74. The Morgan fingerprint density at radius 1 is 1.57 bits per heavy atom. The van der Waals surface area contributed by atoms with Crippen LogP contribution in [0.25, 0.3) is 0 Å². The Bertz CT molecular complexity index is 366. The number of ether oxygens (including phenoxy) is 1. The third-order valence-corrected chi connectivity index (χ3v) is 3.44. The SMILES string of the molecule is COc1cc2c(c(Br)c1O)C[NH2+]CC2. The molecule has 0 saturated carbocycles. The molecular weight excluding hydrogens is 246 g/mol. The number of hydrogen-bond acceptors (Lipinski definition) is 2. The minimum Gasteiger partial charge on any atom is -0.503 e. The number of fused-ring (bicyclic) bond motifs is 1. The van der Waals surface area contributed by atoms with E-state index in [0.717, 1.165) is 24.0 Å². The van der Waals surface area contributed by atoms with Crippen molar-refractivity contribution in [2.75, 3.05) is 13.7 Å². The fourth-order valence-electron chi connectivity index (χ4n) is 1.81. The van der Waals surface area contributed by atoms with Crippen LogP contribution in [0, 0.1) is 0 Å². The van der Waals surface area contributed by atoms with Gasteiger partial charge in [-0.25, -0.2) is 0 Å². The van der Waals surface area contributed by atoms with Crippen LogP contribution in [-0.4, -0.2) is 18.8 Å². The Morgan fingerprint density at radius 2 is 2.36 bits per heavy atom. The highest BCUT2D eigenvalue weighted by atomic mass is 79.9. The topological polar surface area (TPSA) is 46.1 Å². The quantitative estimate of drug-likeness (QED) is 0.783. The Kier molecular flexibility index (Phi) is 2.65. The third kappa shape index (κ3) is 1.48. The van der Waals surface area contributed by atoms with Crippen molar-refractivity contribution in [3.63, 3.8) is 0 Å². The van der Waals surface area contributed by atoms with E-state index in [1.165, 1.54) is 11.1 Å². The Labute approximate surface area is 91.2 Å². The average molecular weight is 259 g/mol. The molecule has 0 radical (unpaired) electrons. The van der Waals surface area contributed by atoms with Gasteiger partial charge in [-0.15, -0.1) is 0 Å². The first-order valence-corrected chi connectivity index (χ1v) is 5.42. The minimum absolute atomic E-state index is 0.210. The minimum atomic E-state index is 0.210. The molecule has 2 rings (SSSR count).